The second-order valence-electron chi connectivity index (χ2n) is 3.13. The van der Waals surface area contributed by atoms with Crippen LogP contribution in [0.3, 0.4) is 0 Å². The van der Waals surface area contributed by atoms with Gasteiger partial charge in [0.15, 0.2) is 5.75 Å². The van der Waals surface area contributed by atoms with E-state index in [1.165, 1.54) is 23.1 Å². The van der Waals surface area contributed by atoms with Crippen molar-refractivity contribution in [3.8, 4) is 5.75 Å². The van der Waals surface area contributed by atoms with E-state index in [4.69, 9.17) is 5.11 Å². The van der Waals surface area contributed by atoms with Crippen LogP contribution < -0.4 is 0 Å². The molecular formula is C10H8BrFN2O. The average molecular weight is 271 g/mol. The van der Waals surface area contributed by atoms with Gasteiger partial charge < -0.3 is 5.11 Å². The van der Waals surface area contributed by atoms with Gasteiger partial charge in [-0.05, 0) is 12.1 Å². The van der Waals surface area contributed by atoms with Gasteiger partial charge in [0.1, 0.15) is 5.82 Å². The lowest BCUT2D eigenvalue weighted by Crippen LogP contribution is -2.01. The molecule has 1 aromatic carbocycles. The van der Waals surface area contributed by atoms with Crippen LogP contribution in [0.25, 0.3) is 0 Å². The summed E-state index contributed by atoms with van der Waals surface area (Å²) in [4.78, 5) is 0. The Morgan fingerprint density at radius 1 is 1.47 bits per heavy atom. The lowest BCUT2D eigenvalue weighted by Gasteiger charge is -2.03. The summed E-state index contributed by atoms with van der Waals surface area (Å²) >= 11 is 3.18. The normalized spacial score (nSPS) is 10.5. The molecule has 0 saturated carbocycles. The van der Waals surface area contributed by atoms with E-state index in [1.54, 1.807) is 12.1 Å². The lowest BCUT2D eigenvalue weighted by atomic mass is 10.2. The van der Waals surface area contributed by atoms with Gasteiger partial charge in [-0.25, -0.2) is 4.39 Å². The smallest absolute Gasteiger partial charge is 0.153 e. The minimum absolute atomic E-state index is 0.0764. The molecule has 15 heavy (non-hydrogen) atoms. The molecule has 0 aliphatic carbocycles. The monoisotopic (exact) mass is 270 g/mol. The number of hydrogen-bond acceptors (Lipinski definition) is 2. The van der Waals surface area contributed by atoms with Crippen LogP contribution in [0.15, 0.2) is 35.1 Å². The van der Waals surface area contributed by atoms with Crippen molar-refractivity contribution in [1.29, 1.82) is 0 Å². The lowest BCUT2D eigenvalue weighted by molar-refractivity contribution is 0.474. The van der Waals surface area contributed by atoms with Crippen molar-refractivity contribution in [2.75, 3.05) is 0 Å². The minimum atomic E-state index is -0.292. The summed E-state index contributed by atoms with van der Waals surface area (Å²) < 4.78 is 15.6. The highest BCUT2D eigenvalue weighted by molar-refractivity contribution is 9.10. The molecule has 0 bridgehead atoms. The number of aromatic nitrogens is 2. The number of aromatic hydroxyl groups is 1. The number of rotatable bonds is 2. The van der Waals surface area contributed by atoms with Crippen LogP contribution in [0.5, 0.6) is 5.75 Å². The van der Waals surface area contributed by atoms with Gasteiger partial charge in [0, 0.05) is 10.0 Å². The first kappa shape index (κ1) is 10.2. The summed E-state index contributed by atoms with van der Waals surface area (Å²) in [6.07, 6.45) is 2.76. The van der Waals surface area contributed by atoms with E-state index in [2.05, 4.69) is 21.0 Å². The second-order valence-corrected chi connectivity index (χ2v) is 4.05. The van der Waals surface area contributed by atoms with Crippen molar-refractivity contribution >= 4 is 15.9 Å². The summed E-state index contributed by atoms with van der Waals surface area (Å²) in [5, 5.41) is 12.9. The molecule has 3 nitrogen and oxygen atoms in total. The van der Waals surface area contributed by atoms with E-state index in [0.717, 1.165) is 0 Å². The zero-order chi connectivity index (χ0) is 10.8. The minimum Gasteiger partial charge on any atom is -0.505 e. The summed E-state index contributed by atoms with van der Waals surface area (Å²) in [5.74, 6) is -0.216. The quantitative estimate of drug-likeness (QED) is 0.911. The van der Waals surface area contributed by atoms with E-state index in [-0.39, 0.29) is 11.6 Å². The van der Waals surface area contributed by atoms with Gasteiger partial charge in [0.25, 0.3) is 0 Å². The molecule has 5 heteroatoms. The predicted molar refractivity (Wildman–Crippen MR) is 57.1 cm³/mol. The van der Waals surface area contributed by atoms with E-state index in [0.29, 0.717) is 16.6 Å². The van der Waals surface area contributed by atoms with Gasteiger partial charge in [-0.3, -0.25) is 4.68 Å². The maximum atomic E-state index is 13.4. The molecule has 0 saturated heterocycles. The van der Waals surface area contributed by atoms with Crippen molar-refractivity contribution in [1.82, 2.24) is 9.78 Å². The number of nitrogens with zero attached hydrogens (tertiary/aromatic N) is 2. The first-order chi connectivity index (χ1) is 7.15. The number of benzene rings is 1. The van der Waals surface area contributed by atoms with Crippen molar-refractivity contribution in [2.24, 2.45) is 0 Å². The van der Waals surface area contributed by atoms with Gasteiger partial charge in [-0.2, -0.15) is 5.10 Å². The van der Waals surface area contributed by atoms with Crippen molar-refractivity contribution in [3.05, 3.63) is 46.4 Å². The third kappa shape index (κ3) is 2.36. The van der Waals surface area contributed by atoms with Gasteiger partial charge >= 0.3 is 0 Å². The van der Waals surface area contributed by atoms with Crippen LogP contribution >= 0.6 is 15.9 Å². The molecule has 0 atom stereocenters. The van der Waals surface area contributed by atoms with E-state index < -0.39 is 0 Å². The summed E-state index contributed by atoms with van der Waals surface area (Å²) in [6.45, 7) is 0.305. The highest BCUT2D eigenvalue weighted by Gasteiger charge is 2.04. The molecule has 1 N–H and O–H groups in total. The summed E-state index contributed by atoms with van der Waals surface area (Å²) in [7, 11) is 0. The molecule has 0 unspecified atom stereocenters. The molecule has 0 spiro atoms. The van der Waals surface area contributed by atoms with E-state index in [9.17, 15) is 4.39 Å². The largest absolute Gasteiger partial charge is 0.505 e. The molecule has 1 heterocycles. The standard InChI is InChI=1S/C10H8BrFN2O/c11-8-2-1-7(10(12)3-8)5-14-6-9(15)4-13-14/h1-4,6,15H,5H2. The Hall–Kier alpha value is -1.36. The van der Waals surface area contributed by atoms with Crippen LogP contribution in [0, 0.1) is 5.82 Å². The topological polar surface area (TPSA) is 38.1 Å². The Bertz CT molecular complexity index is 484. The fraction of sp³-hybridized carbons (Fsp3) is 0.100. The predicted octanol–water partition coefficient (Wildman–Crippen LogP) is 2.54. The molecule has 2 rings (SSSR count). The van der Waals surface area contributed by atoms with Gasteiger partial charge in [-0.1, -0.05) is 22.0 Å². The maximum absolute atomic E-state index is 13.4. The van der Waals surface area contributed by atoms with Crippen molar-refractivity contribution in [2.45, 2.75) is 6.54 Å². The van der Waals surface area contributed by atoms with Gasteiger partial charge in [-0.15, -0.1) is 0 Å². The summed E-state index contributed by atoms with van der Waals surface area (Å²) in [6, 6.07) is 4.85. The Kier molecular flexibility index (Phi) is 2.73. The molecule has 2 aromatic rings. The molecule has 0 aliphatic heterocycles. The van der Waals surface area contributed by atoms with Gasteiger partial charge in [0.2, 0.25) is 0 Å². The van der Waals surface area contributed by atoms with Gasteiger partial charge in [0.05, 0.1) is 18.9 Å². The van der Waals surface area contributed by atoms with Crippen LogP contribution in [-0.4, -0.2) is 14.9 Å². The Morgan fingerprint density at radius 3 is 2.87 bits per heavy atom. The molecule has 0 fully saturated rings. The SMILES string of the molecule is Oc1cnn(Cc2ccc(Br)cc2F)c1. The van der Waals surface area contributed by atoms with Crippen LogP contribution in [0.4, 0.5) is 4.39 Å². The molecular weight excluding hydrogens is 263 g/mol. The Labute approximate surface area is 94.3 Å². The fourth-order valence-corrected chi connectivity index (χ4v) is 1.60. The third-order valence-corrected chi connectivity index (χ3v) is 2.46. The Morgan fingerprint density at radius 2 is 2.27 bits per heavy atom. The number of hydrogen-bond donors (Lipinski definition) is 1. The molecule has 1 aromatic heterocycles. The first-order valence-corrected chi connectivity index (χ1v) is 5.10. The van der Waals surface area contributed by atoms with Crippen LogP contribution in [0.2, 0.25) is 0 Å². The molecule has 78 valence electrons. The maximum Gasteiger partial charge on any atom is 0.153 e. The molecule has 0 aliphatic rings. The zero-order valence-corrected chi connectivity index (χ0v) is 9.28. The fourth-order valence-electron chi connectivity index (χ4n) is 1.26. The van der Waals surface area contributed by atoms with E-state index in [1.807, 2.05) is 0 Å². The van der Waals surface area contributed by atoms with Crippen LogP contribution in [0.1, 0.15) is 5.56 Å². The van der Waals surface area contributed by atoms with Crippen molar-refractivity contribution < 1.29 is 9.50 Å². The highest BCUT2D eigenvalue weighted by atomic mass is 79.9. The highest BCUT2D eigenvalue weighted by Crippen LogP contribution is 2.16. The van der Waals surface area contributed by atoms with Crippen LogP contribution in [-0.2, 0) is 6.54 Å². The zero-order valence-electron chi connectivity index (χ0n) is 7.69. The third-order valence-electron chi connectivity index (χ3n) is 1.97. The molecule has 0 radical (unpaired) electrons. The van der Waals surface area contributed by atoms with Crippen molar-refractivity contribution in [3.63, 3.8) is 0 Å². The average Bonchev–Trinajstić information content (AvgIpc) is 2.56. The first-order valence-electron chi connectivity index (χ1n) is 4.30. The van der Waals surface area contributed by atoms with E-state index >= 15 is 0 Å². The summed E-state index contributed by atoms with van der Waals surface area (Å²) in [5.41, 5.74) is 0.529. The Balaban J connectivity index is 2.24. The molecule has 0 amide bonds. The second kappa shape index (κ2) is 4.02. The number of halogens is 2.